The zero-order chi connectivity index (χ0) is 19.2. The van der Waals surface area contributed by atoms with Crippen molar-refractivity contribution < 1.29 is 19.0 Å². The van der Waals surface area contributed by atoms with Crippen LogP contribution in [-0.4, -0.2) is 31.0 Å². The average molecular weight is 382 g/mol. The molecule has 0 aliphatic rings. The van der Waals surface area contributed by atoms with Crippen LogP contribution in [0.5, 0.6) is 5.75 Å². The molecule has 2 aromatic heterocycles. The summed E-state index contributed by atoms with van der Waals surface area (Å²) in [6, 6.07) is 9.36. The molecule has 0 saturated carbocycles. The minimum absolute atomic E-state index is 0.00510. The van der Waals surface area contributed by atoms with Crippen molar-refractivity contribution in [3.05, 3.63) is 58.5 Å². The first-order valence-electron chi connectivity index (χ1n) is 8.25. The first-order chi connectivity index (χ1) is 13.2. The Bertz CT molecular complexity index is 971. The summed E-state index contributed by atoms with van der Waals surface area (Å²) < 4.78 is 17.4. The second kappa shape index (κ2) is 8.54. The standard InChI is InChI=1S/C20H18N2O4S/c1-3-25-20(23)17-5-4-16(8-19(17)26-13-24-2)22-10-15(9-21)18(11-22)14-6-7-27-12-14/h4-8,10-12H,3,13H2,1-2H3. The smallest absolute Gasteiger partial charge is 0.341 e. The van der Waals surface area contributed by atoms with Crippen molar-refractivity contribution in [1.82, 2.24) is 4.57 Å². The molecule has 6 nitrogen and oxygen atoms in total. The number of aromatic nitrogens is 1. The third kappa shape index (κ3) is 4.03. The van der Waals surface area contributed by atoms with Crippen LogP contribution < -0.4 is 4.74 Å². The van der Waals surface area contributed by atoms with Crippen molar-refractivity contribution >= 4 is 17.3 Å². The lowest BCUT2D eigenvalue weighted by atomic mass is 10.1. The second-order valence-corrected chi connectivity index (χ2v) is 6.35. The molecule has 0 bridgehead atoms. The van der Waals surface area contributed by atoms with Crippen molar-refractivity contribution in [1.29, 1.82) is 5.26 Å². The van der Waals surface area contributed by atoms with Gasteiger partial charge in [0.1, 0.15) is 17.4 Å². The van der Waals surface area contributed by atoms with Crippen LogP contribution in [0, 0.1) is 11.3 Å². The van der Waals surface area contributed by atoms with Gasteiger partial charge in [0, 0.05) is 36.8 Å². The lowest BCUT2D eigenvalue weighted by Gasteiger charge is -2.12. The molecule has 0 N–H and O–H groups in total. The van der Waals surface area contributed by atoms with Gasteiger partial charge in [-0.15, -0.1) is 0 Å². The molecule has 0 unspecified atom stereocenters. The van der Waals surface area contributed by atoms with Gasteiger partial charge in [-0.05, 0) is 41.4 Å². The predicted octanol–water partition coefficient (Wildman–Crippen LogP) is 4.24. The maximum Gasteiger partial charge on any atom is 0.341 e. The molecule has 1 aromatic carbocycles. The summed E-state index contributed by atoms with van der Waals surface area (Å²) in [7, 11) is 1.51. The zero-order valence-electron chi connectivity index (χ0n) is 15.0. The molecule has 27 heavy (non-hydrogen) atoms. The number of esters is 1. The summed E-state index contributed by atoms with van der Waals surface area (Å²) in [5, 5.41) is 13.4. The lowest BCUT2D eigenvalue weighted by molar-refractivity contribution is 0.0438. The van der Waals surface area contributed by atoms with E-state index in [0.29, 0.717) is 16.9 Å². The van der Waals surface area contributed by atoms with E-state index in [2.05, 4.69) is 6.07 Å². The number of nitriles is 1. The highest BCUT2D eigenvalue weighted by molar-refractivity contribution is 7.08. The number of carbonyl (C=O) groups is 1. The van der Waals surface area contributed by atoms with Gasteiger partial charge in [0.25, 0.3) is 0 Å². The number of ether oxygens (including phenoxy) is 3. The Morgan fingerprint density at radius 3 is 2.81 bits per heavy atom. The molecule has 0 aliphatic carbocycles. The quantitative estimate of drug-likeness (QED) is 0.451. The fourth-order valence-electron chi connectivity index (χ4n) is 2.63. The van der Waals surface area contributed by atoms with E-state index in [1.54, 1.807) is 42.7 Å². The third-order valence-corrected chi connectivity index (χ3v) is 4.55. The molecule has 138 valence electrons. The van der Waals surface area contributed by atoms with E-state index in [1.165, 1.54) is 7.11 Å². The fourth-order valence-corrected chi connectivity index (χ4v) is 3.29. The molecule has 3 rings (SSSR count). The molecule has 0 fully saturated rings. The topological polar surface area (TPSA) is 73.5 Å². The number of nitrogens with zero attached hydrogens (tertiary/aromatic N) is 2. The summed E-state index contributed by atoms with van der Waals surface area (Å²) in [5.41, 5.74) is 3.50. The number of hydrogen-bond donors (Lipinski definition) is 0. The Morgan fingerprint density at radius 1 is 1.30 bits per heavy atom. The third-order valence-electron chi connectivity index (χ3n) is 3.87. The van der Waals surface area contributed by atoms with Gasteiger partial charge >= 0.3 is 5.97 Å². The van der Waals surface area contributed by atoms with E-state index >= 15 is 0 Å². The maximum absolute atomic E-state index is 12.1. The predicted molar refractivity (Wildman–Crippen MR) is 102 cm³/mol. The van der Waals surface area contributed by atoms with E-state index in [9.17, 15) is 10.1 Å². The van der Waals surface area contributed by atoms with Crippen LogP contribution in [0.3, 0.4) is 0 Å². The Hall–Kier alpha value is -3.08. The molecule has 0 aliphatic heterocycles. The van der Waals surface area contributed by atoms with E-state index in [-0.39, 0.29) is 13.4 Å². The Kier molecular flexibility index (Phi) is 5.91. The normalized spacial score (nSPS) is 10.4. The maximum atomic E-state index is 12.1. The number of rotatable bonds is 7. The van der Waals surface area contributed by atoms with Crippen LogP contribution in [-0.2, 0) is 9.47 Å². The molecule has 7 heteroatoms. The number of carbonyl (C=O) groups excluding carboxylic acids is 1. The van der Waals surface area contributed by atoms with Crippen molar-refractivity contribution in [2.45, 2.75) is 6.92 Å². The minimum Gasteiger partial charge on any atom is -0.467 e. The average Bonchev–Trinajstić information content (AvgIpc) is 3.35. The van der Waals surface area contributed by atoms with Gasteiger partial charge in [0.2, 0.25) is 0 Å². The van der Waals surface area contributed by atoms with E-state index in [0.717, 1.165) is 16.8 Å². The molecule has 0 radical (unpaired) electrons. The first kappa shape index (κ1) is 18.7. The molecule has 0 saturated heterocycles. The van der Waals surface area contributed by atoms with Gasteiger partial charge in [-0.1, -0.05) is 0 Å². The number of thiophene rings is 1. The van der Waals surface area contributed by atoms with Crippen LogP contribution in [0.25, 0.3) is 16.8 Å². The highest BCUT2D eigenvalue weighted by atomic mass is 32.1. The van der Waals surface area contributed by atoms with Crippen LogP contribution in [0.1, 0.15) is 22.8 Å². The van der Waals surface area contributed by atoms with E-state index < -0.39 is 5.97 Å². The van der Waals surface area contributed by atoms with Gasteiger partial charge in [0.15, 0.2) is 6.79 Å². The lowest BCUT2D eigenvalue weighted by Crippen LogP contribution is -2.10. The minimum atomic E-state index is -0.459. The molecule has 3 aromatic rings. The second-order valence-electron chi connectivity index (χ2n) is 5.57. The highest BCUT2D eigenvalue weighted by Crippen LogP contribution is 2.30. The van der Waals surface area contributed by atoms with Crippen molar-refractivity contribution in [2.24, 2.45) is 0 Å². The number of methoxy groups -OCH3 is 1. The number of hydrogen-bond acceptors (Lipinski definition) is 6. The van der Waals surface area contributed by atoms with Crippen LogP contribution >= 0.6 is 11.3 Å². The van der Waals surface area contributed by atoms with Gasteiger partial charge in [-0.2, -0.15) is 16.6 Å². The van der Waals surface area contributed by atoms with Crippen LogP contribution in [0.2, 0.25) is 0 Å². The van der Waals surface area contributed by atoms with Crippen molar-refractivity contribution in [3.8, 4) is 28.6 Å². The van der Waals surface area contributed by atoms with E-state index in [1.807, 2.05) is 27.6 Å². The summed E-state index contributed by atoms with van der Waals surface area (Å²) in [5.74, 6) is -0.101. The zero-order valence-corrected chi connectivity index (χ0v) is 15.8. The van der Waals surface area contributed by atoms with Crippen LogP contribution in [0.4, 0.5) is 0 Å². The fraction of sp³-hybridized carbons (Fsp3) is 0.200. The Morgan fingerprint density at radius 2 is 2.15 bits per heavy atom. The monoisotopic (exact) mass is 382 g/mol. The molecule has 0 atom stereocenters. The molecule has 2 heterocycles. The Balaban J connectivity index is 2.02. The molecule has 0 amide bonds. The van der Waals surface area contributed by atoms with Crippen LogP contribution in [0.15, 0.2) is 47.4 Å². The summed E-state index contributed by atoms with van der Waals surface area (Å²) in [4.78, 5) is 12.1. The van der Waals surface area contributed by atoms with Gasteiger partial charge in [-0.25, -0.2) is 4.79 Å². The summed E-state index contributed by atoms with van der Waals surface area (Å²) in [6.45, 7) is 2.03. The largest absolute Gasteiger partial charge is 0.467 e. The first-order valence-corrected chi connectivity index (χ1v) is 9.20. The van der Waals surface area contributed by atoms with E-state index in [4.69, 9.17) is 14.2 Å². The highest BCUT2D eigenvalue weighted by Gasteiger charge is 2.16. The Labute approximate surface area is 161 Å². The van der Waals surface area contributed by atoms with Gasteiger partial charge in [-0.3, -0.25) is 0 Å². The molecular weight excluding hydrogens is 364 g/mol. The SMILES string of the molecule is CCOC(=O)c1ccc(-n2cc(C#N)c(-c3ccsc3)c2)cc1OCOC. The van der Waals surface area contributed by atoms with Gasteiger partial charge in [0.05, 0.1) is 12.2 Å². The number of benzene rings is 1. The molecule has 0 spiro atoms. The summed E-state index contributed by atoms with van der Waals surface area (Å²) in [6.07, 6.45) is 3.65. The van der Waals surface area contributed by atoms with Crippen molar-refractivity contribution in [2.75, 3.05) is 20.5 Å². The van der Waals surface area contributed by atoms with Crippen molar-refractivity contribution in [3.63, 3.8) is 0 Å². The summed E-state index contributed by atoms with van der Waals surface area (Å²) >= 11 is 1.58. The molecular formula is C20H18N2O4S. The van der Waals surface area contributed by atoms with Gasteiger partial charge < -0.3 is 18.8 Å².